The number of aromatic nitrogens is 2. The van der Waals surface area contributed by atoms with Gasteiger partial charge >= 0.3 is 0 Å². The van der Waals surface area contributed by atoms with Gasteiger partial charge < -0.3 is 9.30 Å². The maximum atomic E-state index is 6.15. The number of fused-ring (bicyclic) bond motifs is 1. The Balaban J connectivity index is 1.93. The van der Waals surface area contributed by atoms with Crippen LogP contribution in [0.15, 0.2) is 48.5 Å². The average Bonchev–Trinajstić information content (AvgIpc) is 2.91. The summed E-state index contributed by atoms with van der Waals surface area (Å²) in [4.78, 5) is 4.82. The van der Waals surface area contributed by atoms with E-state index in [2.05, 4.69) is 55.7 Å². The third-order valence-electron chi connectivity index (χ3n) is 4.09. The normalized spacial score (nSPS) is 12.5. The Morgan fingerprint density at radius 1 is 1.13 bits per heavy atom. The Morgan fingerprint density at radius 3 is 2.74 bits per heavy atom. The second-order valence-corrected chi connectivity index (χ2v) is 6.04. The molecule has 23 heavy (non-hydrogen) atoms. The fourth-order valence-corrected chi connectivity index (χ4v) is 2.90. The van der Waals surface area contributed by atoms with Gasteiger partial charge in [0.05, 0.1) is 11.0 Å². The molecule has 1 heterocycles. The van der Waals surface area contributed by atoms with Gasteiger partial charge in [-0.1, -0.05) is 37.6 Å². The van der Waals surface area contributed by atoms with Gasteiger partial charge in [0.15, 0.2) is 11.9 Å². The molecule has 3 rings (SSSR count). The summed E-state index contributed by atoms with van der Waals surface area (Å²) in [6, 6.07) is 16.5. The first kappa shape index (κ1) is 15.6. The van der Waals surface area contributed by atoms with Crippen LogP contribution >= 0.6 is 0 Å². The van der Waals surface area contributed by atoms with E-state index in [0.717, 1.165) is 30.1 Å². The Kier molecular flexibility index (Phi) is 4.65. The molecule has 0 amide bonds. The Bertz CT molecular complexity index is 791. The van der Waals surface area contributed by atoms with Gasteiger partial charge in [-0.15, -0.1) is 0 Å². The number of aryl methyl sites for hydroxylation is 2. The predicted octanol–water partition coefficient (Wildman–Crippen LogP) is 5.28. The van der Waals surface area contributed by atoms with Crippen molar-refractivity contribution >= 4 is 11.0 Å². The van der Waals surface area contributed by atoms with Gasteiger partial charge in [-0.2, -0.15) is 0 Å². The van der Waals surface area contributed by atoms with E-state index in [4.69, 9.17) is 9.72 Å². The van der Waals surface area contributed by atoms with Gasteiger partial charge in [0.25, 0.3) is 0 Å². The van der Waals surface area contributed by atoms with Crippen LogP contribution in [0.5, 0.6) is 5.75 Å². The lowest BCUT2D eigenvalue weighted by atomic mass is 10.2. The van der Waals surface area contributed by atoms with Gasteiger partial charge in [0.1, 0.15) is 5.75 Å². The summed E-state index contributed by atoms with van der Waals surface area (Å²) in [6.07, 6.45) is 2.23. The van der Waals surface area contributed by atoms with Gasteiger partial charge in [0.2, 0.25) is 0 Å². The van der Waals surface area contributed by atoms with Crippen LogP contribution in [0.25, 0.3) is 11.0 Å². The summed E-state index contributed by atoms with van der Waals surface area (Å²) < 4.78 is 8.45. The molecule has 0 aliphatic carbocycles. The molecule has 0 saturated heterocycles. The monoisotopic (exact) mass is 308 g/mol. The largest absolute Gasteiger partial charge is 0.483 e. The van der Waals surface area contributed by atoms with E-state index in [1.807, 2.05) is 18.2 Å². The van der Waals surface area contributed by atoms with E-state index in [-0.39, 0.29) is 6.10 Å². The minimum absolute atomic E-state index is 0.0824. The van der Waals surface area contributed by atoms with Crippen LogP contribution in [0.4, 0.5) is 0 Å². The minimum Gasteiger partial charge on any atom is -0.483 e. The number of rotatable bonds is 6. The van der Waals surface area contributed by atoms with Crippen molar-refractivity contribution in [3.63, 3.8) is 0 Å². The molecule has 0 aliphatic rings. The van der Waals surface area contributed by atoms with Crippen molar-refractivity contribution in [1.29, 1.82) is 0 Å². The highest BCUT2D eigenvalue weighted by atomic mass is 16.5. The van der Waals surface area contributed by atoms with Crippen LogP contribution in [0.3, 0.4) is 0 Å². The maximum absolute atomic E-state index is 6.15. The molecular formula is C20H24N2O. The number of para-hydroxylation sites is 2. The van der Waals surface area contributed by atoms with Gasteiger partial charge in [-0.05, 0) is 50.1 Å². The summed E-state index contributed by atoms with van der Waals surface area (Å²) in [7, 11) is 0. The van der Waals surface area contributed by atoms with Crippen LogP contribution in [-0.4, -0.2) is 9.55 Å². The standard InChI is InChI=1S/C20H24N2O/c1-4-5-13-22-19-12-7-6-11-18(19)21-20(22)16(3)23-17-10-8-9-15(2)14-17/h6-12,14,16H,4-5,13H2,1-3H3. The highest BCUT2D eigenvalue weighted by Gasteiger charge is 2.17. The van der Waals surface area contributed by atoms with Crippen LogP contribution in [0.2, 0.25) is 0 Å². The van der Waals surface area contributed by atoms with Crippen LogP contribution in [0, 0.1) is 6.92 Å². The SMILES string of the molecule is CCCCn1c(C(C)Oc2cccc(C)c2)nc2ccccc21. The van der Waals surface area contributed by atoms with Crippen molar-refractivity contribution in [2.75, 3.05) is 0 Å². The zero-order valence-electron chi connectivity index (χ0n) is 14.1. The molecule has 0 saturated carbocycles. The third-order valence-corrected chi connectivity index (χ3v) is 4.09. The lowest BCUT2D eigenvalue weighted by Gasteiger charge is -2.17. The van der Waals surface area contributed by atoms with Gasteiger partial charge in [-0.3, -0.25) is 0 Å². The van der Waals surface area contributed by atoms with E-state index in [0.29, 0.717) is 0 Å². The predicted molar refractivity (Wildman–Crippen MR) is 94.9 cm³/mol. The first-order valence-electron chi connectivity index (χ1n) is 8.37. The Morgan fingerprint density at radius 2 is 1.96 bits per heavy atom. The zero-order chi connectivity index (χ0) is 16.2. The van der Waals surface area contributed by atoms with E-state index in [1.165, 1.54) is 17.5 Å². The quantitative estimate of drug-likeness (QED) is 0.619. The van der Waals surface area contributed by atoms with E-state index >= 15 is 0 Å². The van der Waals surface area contributed by atoms with Crippen LogP contribution in [-0.2, 0) is 6.54 Å². The fourth-order valence-electron chi connectivity index (χ4n) is 2.90. The molecule has 0 radical (unpaired) electrons. The van der Waals surface area contributed by atoms with Gasteiger partial charge in [-0.25, -0.2) is 4.98 Å². The summed E-state index contributed by atoms with van der Waals surface area (Å²) in [6.45, 7) is 7.35. The molecule has 2 aromatic carbocycles. The summed E-state index contributed by atoms with van der Waals surface area (Å²) >= 11 is 0. The first-order chi connectivity index (χ1) is 11.2. The van der Waals surface area contributed by atoms with E-state index < -0.39 is 0 Å². The number of unbranched alkanes of at least 4 members (excludes halogenated alkanes) is 1. The average molecular weight is 308 g/mol. The number of imidazole rings is 1. The third kappa shape index (κ3) is 3.39. The van der Waals surface area contributed by atoms with Gasteiger partial charge in [0, 0.05) is 6.54 Å². The number of ether oxygens (including phenoxy) is 1. The number of hydrogen-bond donors (Lipinski definition) is 0. The highest BCUT2D eigenvalue weighted by molar-refractivity contribution is 5.76. The molecule has 3 heteroatoms. The zero-order valence-corrected chi connectivity index (χ0v) is 14.1. The number of benzene rings is 2. The molecule has 0 bridgehead atoms. The smallest absolute Gasteiger partial charge is 0.153 e. The van der Waals surface area contributed by atoms with Crippen molar-refractivity contribution in [3.05, 3.63) is 59.9 Å². The molecule has 3 nitrogen and oxygen atoms in total. The molecule has 0 spiro atoms. The highest BCUT2D eigenvalue weighted by Crippen LogP contribution is 2.26. The maximum Gasteiger partial charge on any atom is 0.153 e. The topological polar surface area (TPSA) is 27.1 Å². The molecule has 0 N–H and O–H groups in total. The summed E-state index contributed by atoms with van der Waals surface area (Å²) in [5.41, 5.74) is 3.43. The minimum atomic E-state index is -0.0824. The lowest BCUT2D eigenvalue weighted by molar-refractivity contribution is 0.211. The number of hydrogen-bond acceptors (Lipinski definition) is 2. The molecule has 0 aliphatic heterocycles. The molecule has 1 unspecified atom stereocenters. The Hall–Kier alpha value is -2.29. The van der Waals surface area contributed by atoms with Crippen molar-refractivity contribution in [2.45, 2.75) is 46.3 Å². The second kappa shape index (κ2) is 6.86. The van der Waals surface area contributed by atoms with Crippen LogP contribution < -0.4 is 4.74 Å². The molecule has 120 valence electrons. The van der Waals surface area contributed by atoms with Crippen molar-refractivity contribution in [3.8, 4) is 5.75 Å². The summed E-state index contributed by atoms with van der Waals surface area (Å²) in [5.74, 6) is 1.90. The second-order valence-electron chi connectivity index (χ2n) is 6.04. The molecular weight excluding hydrogens is 284 g/mol. The molecule has 1 aromatic heterocycles. The lowest BCUT2D eigenvalue weighted by Crippen LogP contribution is -2.12. The Labute approximate surface area is 137 Å². The number of nitrogens with zero attached hydrogens (tertiary/aromatic N) is 2. The van der Waals surface area contributed by atoms with E-state index in [9.17, 15) is 0 Å². The van der Waals surface area contributed by atoms with E-state index in [1.54, 1.807) is 0 Å². The molecule has 0 fully saturated rings. The first-order valence-corrected chi connectivity index (χ1v) is 8.37. The van der Waals surface area contributed by atoms with Crippen molar-refractivity contribution in [2.24, 2.45) is 0 Å². The van der Waals surface area contributed by atoms with Crippen LogP contribution in [0.1, 0.15) is 44.2 Å². The fraction of sp³-hybridized carbons (Fsp3) is 0.350. The van der Waals surface area contributed by atoms with Crippen molar-refractivity contribution < 1.29 is 4.74 Å². The molecule has 1 atom stereocenters. The molecule has 3 aromatic rings. The van der Waals surface area contributed by atoms with Crippen molar-refractivity contribution in [1.82, 2.24) is 9.55 Å². The summed E-state index contributed by atoms with van der Waals surface area (Å²) in [5, 5.41) is 0.